The zero-order valence-electron chi connectivity index (χ0n) is 22.3. The molecule has 1 aliphatic rings. The number of carbonyl (C=O) groups excluding carboxylic acids is 2. The summed E-state index contributed by atoms with van der Waals surface area (Å²) in [5.74, 6) is 0.548. The molecule has 5 nitrogen and oxygen atoms in total. The molecular weight excluding hydrogens is 520 g/mol. The average Bonchev–Trinajstić information content (AvgIpc) is 3.67. The van der Waals surface area contributed by atoms with Gasteiger partial charge in [0.05, 0.1) is 5.57 Å². The number of allylic oxidation sites excluding steroid dienone is 1. The van der Waals surface area contributed by atoms with Crippen LogP contribution in [0.4, 0.5) is 0 Å². The monoisotopic (exact) mass is 542 g/mol. The second-order valence-electron chi connectivity index (χ2n) is 10.3. The van der Waals surface area contributed by atoms with Gasteiger partial charge in [0, 0.05) is 28.4 Å². The molecule has 5 heteroatoms. The van der Waals surface area contributed by atoms with E-state index in [0.717, 1.165) is 38.7 Å². The molecule has 42 heavy (non-hydrogen) atoms. The van der Waals surface area contributed by atoms with Gasteiger partial charge in [-0.05, 0) is 52.2 Å². The summed E-state index contributed by atoms with van der Waals surface area (Å²) in [6.07, 6.45) is 1.60. The van der Waals surface area contributed by atoms with E-state index in [1.165, 1.54) is 0 Å². The molecule has 0 radical (unpaired) electrons. The van der Waals surface area contributed by atoms with Crippen molar-refractivity contribution in [2.45, 2.75) is 0 Å². The standard InChI is InChI=1S/C37H22N2O3/c40-35-29-19-26-13-7-8-14-27(26)20-30(29)36(41)31(35)21-34-38-37-32(22-33(42-37)25-11-5-2-6-12-25)39(34)28-17-15-24(16-18-28)23-9-3-1-4-10-23/h1-22H. The first-order chi connectivity index (χ1) is 20.6. The molecule has 8 rings (SSSR count). The Morgan fingerprint density at radius 1 is 0.595 bits per heavy atom. The molecule has 0 aliphatic heterocycles. The van der Waals surface area contributed by atoms with Gasteiger partial charge < -0.3 is 4.42 Å². The highest BCUT2D eigenvalue weighted by Gasteiger charge is 2.34. The Hall–Kier alpha value is -5.81. The Bertz CT molecular complexity index is 2150. The number of benzene rings is 5. The van der Waals surface area contributed by atoms with Crippen LogP contribution in [0.3, 0.4) is 0 Å². The van der Waals surface area contributed by atoms with Gasteiger partial charge in [-0.15, -0.1) is 0 Å². The number of Topliss-reactive ketones (excluding diaryl/α,β-unsaturated/α-hetero) is 2. The molecule has 2 heterocycles. The molecule has 0 fully saturated rings. The number of hydrogen-bond donors (Lipinski definition) is 0. The molecule has 0 atom stereocenters. The maximum Gasteiger partial charge on any atom is 0.246 e. The van der Waals surface area contributed by atoms with Crippen molar-refractivity contribution in [1.82, 2.24) is 9.55 Å². The van der Waals surface area contributed by atoms with E-state index in [2.05, 4.69) is 24.3 Å². The predicted octanol–water partition coefficient (Wildman–Crippen LogP) is 8.57. The fourth-order valence-electron chi connectivity index (χ4n) is 5.71. The van der Waals surface area contributed by atoms with Gasteiger partial charge >= 0.3 is 0 Å². The quantitative estimate of drug-likeness (QED) is 0.165. The SMILES string of the molecule is O=C1C(=Cc2nc3oc(-c4ccccc4)cc3n2-c2ccc(-c3ccccc3)cc2)C(=O)c2cc3ccccc3cc21. The Labute approximate surface area is 241 Å². The molecule has 5 aromatic carbocycles. The summed E-state index contributed by atoms with van der Waals surface area (Å²) in [4.78, 5) is 31.9. The molecule has 198 valence electrons. The van der Waals surface area contributed by atoms with Gasteiger partial charge in [0.15, 0.2) is 11.6 Å². The van der Waals surface area contributed by atoms with Crippen molar-refractivity contribution in [2.24, 2.45) is 0 Å². The number of aromatic nitrogens is 2. The summed E-state index contributed by atoms with van der Waals surface area (Å²) in [6, 6.07) is 41.4. The van der Waals surface area contributed by atoms with Crippen molar-refractivity contribution in [1.29, 1.82) is 0 Å². The summed E-state index contributed by atoms with van der Waals surface area (Å²) >= 11 is 0. The zero-order chi connectivity index (χ0) is 28.2. The Morgan fingerprint density at radius 3 is 1.76 bits per heavy atom. The van der Waals surface area contributed by atoms with E-state index in [-0.39, 0.29) is 17.1 Å². The van der Waals surface area contributed by atoms with Crippen molar-refractivity contribution in [2.75, 3.05) is 0 Å². The minimum Gasteiger partial charge on any atom is -0.436 e. The van der Waals surface area contributed by atoms with Crippen LogP contribution in [0.25, 0.3) is 56.2 Å². The normalized spacial score (nSPS) is 12.8. The van der Waals surface area contributed by atoms with Gasteiger partial charge in [-0.25, -0.2) is 0 Å². The van der Waals surface area contributed by atoms with Gasteiger partial charge in [0.25, 0.3) is 0 Å². The number of carbonyl (C=O) groups is 2. The summed E-state index contributed by atoms with van der Waals surface area (Å²) in [6.45, 7) is 0. The van der Waals surface area contributed by atoms with Crippen molar-refractivity contribution in [3.63, 3.8) is 0 Å². The van der Waals surface area contributed by atoms with E-state index in [9.17, 15) is 9.59 Å². The fourth-order valence-corrected chi connectivity index (χ4v) is 5.71. The van der Waals surface area contributed by atoms with Crippen LogP contribution in [0.5, 0.6) is 0 Å². The Morgan fingerprint density at radius 2 is 1.14 bits per heavy atom. The maximum atomic E-state index is 13.5. The van der Waals surface area contributed by atoms with E-state index in [1.807, 2.05) is 95.6 Å². The van der Waals surface area contributed by atoms with Crippen molar-refractivity contribution in [3.05, 3.63) is 150 Å². The summed E-state index contributed by atoms with van der Waals surface area (Å²) < 4.78 is 8.13. The van der Waals surface area contributed by atoms with Gasteiger partial charge in [-0.2, -0.15) is 4.98 Å². The minimum absolute atomic E-state index is 0.0957. The summed E-state index contributed by atoms with van der Waals surface area (Å²) in [5, 5.41) is 1.84. The van der Waals surface area contributed by atoms with Crippen LogP contribution in [0.1, 0.15) is 26.5 Å². The first kappa shape index (κ1) is 24.0. The molecule has 0 saturated heterocycles. The van der Waals surface area contributed by atoms with Gasteiger partial charge in [-0.1, -0.05) is 97.1 Å². The maximum absolute atomic E-state index is 13.5. The number of hydrogen-bond acceptors (Lipinski definition) is 4. The van der Waals surface area contributed by atoms with Crippen molar-refractivity contribution in [3.8, 4) is 28.1 Å². The van der Waals surface area contributed by atoms with Crippen LogP contribution >= 0.6 is 0 Å². The highest BCUT2D eigenvalue weighted by Crippen LogP contribution is 2.35. The van der Waals surface area contributed by atoms with Crippen LogP contribution < -0.4 is 0 Å². The highest BCUT2D eigenvalue weighted by atomic mass is 16.3. The van der Waals surface area contributed by atoms with E-state index < -0.39 is 0 Å². The molecule has 0 bridgehead atoms. The zero-order valence-corrected chi connectivity index (χ0v) is 22.3. The van der Waals surface area contributed by atoms with E-state index in [4.69, 9.17) is 9.40 Å². The van der Waals surface area contributed by atoms with E-state index in [1.54, 1.807) is 18.2 Å². The van der Waals surface area contributed by atoms with Crippen LogP contribution in [0.15, 0.2) is 137 Å². The molecule has 0 saturated carbocycles. The molecule has 0 unspecified atom stereocenters. The first-order valence-electron chi connectivity index (χ1n) is 13.7. The number of fused-ring (bicyclic) bond motifs is 3. The minimum atomic E-state index is -0.295. The van der Waals surface area contributed by atoms with Crippen molar-refractivity contribution >= 4 is 39.6 Å². The van der Waals surface area contributed by atoms with E-state index in [0.29, 0.717) is 28.4 Å². The number of ketones is 2. The molecule has 2 aromatic heterocycles. The van der Waals surface area contributed by atoms with Crippen molar-refractivity contribution < 1.29 is 14.0 Å². The fraction of sp³-hybridized carbons (Fsp3) is 0. The summed E-state index contributed by atoms with van der Waals surface area (Å²) in [7, 11) is 0. The van der Waals surface area contributed by atoms with Crippen LogP contribution in [-0.4, -0.2) is 21.1 Å². The first-order valence-corrected chi connectivity index (χ1v) is 13.7. The molecule has 0 amide bonds. The average molecular weight is 543 g/mol. The van der Waals surface area contributed by atoms with Gasteiger partial charge in [0.2, 0.25) is 5.71 Å². The van der Waals surface area contributed by atoms with Gasteiger partial charge in [-0.3, -0.25) is 14.2 Å². The predicted molar refractivity (Wildman–Crippen MR) is 165 cm³/mol. The van der Waals surface area contributed by atoms with Gasteiger partial charge in [0.1, 0.15) is 17.1 Å². The Kier molecular flexibility index (Phi) is 5.37. The van der Waals surface area contributed by atoms with Crippen LogP contribution in [0.2, 0.25) is 0 Å². The molecular formula is C37H22N2O3. The lowest BCUT2D eigenvalue weighted by molar-refractivity contribution is 0.0990. The lowest BCUT2D eigenvalue weighted by Gasteiger charge is -2.09. The Balaban J connectivity index is 1.28. The van der Waals surface area contributed by atoms with Crippen LogP contribution in [-0.2, 0) is 0 Å². The second-order valence-corrected chi connectivity index (χ2v) is 10.3. The lowest BCUT2D eigenvalue weighted by atomic mass is 10.0. The highest BCUT2D eigenvalue weighted by molar-refractivity contribution is 6.42. The third kappa shape index (κ3) is 3.83. The molecule has 1 aliphatic carbocycles. The molecule has 0 spiro atoms. The topological polar surface area (TPSA) is 65.1 Å². The smallest absolute Gasteiger partial charge is 0.246 e. The number of rotatable bonds is 4. The molecule has 0 N–H and O–H groups in total. The largest absolute Gasteiger partial charge is 0.436 e. The second kappa shape index (κ2) is 9.39. The summed E-state index contributed by atoms with van der Waals surface area (Å²) in [5.41, 5.74) is 6.08. The number of nitrogens with zero attached hydrogens (tertiary/aromatic N) is 2. The third-order valence-electron chi connectivity index (χ3n) is 7.81. The van der Waals surface area contributed by atoms with Crippen LogP contribution in [0, 0.1) is 0 Å². The lowest BCUT2D eigenvalue weighted by Crippen LogP contribution is -2.03. The number of imidazole rings is 1. The number of furan rings is 1. The molecule has 7 aromatic rings. The van der Waals surface area contributed by atoms with E-state index >= 15 is 0 Å². The third-order valence-corrected chi connectivity index (χ3v) is 7.81.